The summed E-state index contributed by atoms with van der Waals surface area (Å²) in [5, 5.41) is 12.3. The molecule has 5 rings (SSSR count). The third kappa shape index (κ3) is 3.56. The second-order valence-electron chi connectivity index (χ2n) is 7.45. The summed E-state index contributed by atoms with van der Waals surface area (Å²) in [5.41, 5.74) is 2.91. The molecule has 0 saturated carbocycles. The third-order valence-corrected chi connectivity index (χ3v) is 5.59. The van der Waals surface area contributed by atoms with Crippen molar-refractivity contribution in [1.29, 1.82) is 0 Å². The van der Waals surface area contributed by atoms with Crippen LogP contribution in [-0.4, -0.2) is 66.5 Å². The van der Waals surface area contributed by atoms with Crippen LogP contribution in [0.1, 0.15) is 10.4 Å². The first-order chi connectivity index (χ1) is 15.7. The highest BCUT2D eigenvalue weighted by Crippen LogP contribution is 2.37. The van der Waals surface area contributed by atoms with Gasteiger partial charge in [0.25, 0.3) is 5.91 Å². The van der Waals surface area contributed by atoms with Gasteiger partial charge in [0.2, 0.25) is 0 Å². The molecular weight excluding hydrogens is 410 g/mol. The van der Waals surface area contributed by atoms with Crippen molar-refractivity contribution in [2.75, 3.05) is 45.8 Å². The summed E-state index contributed by atoms with van der Waals surface area (Å²) in [6, 6.07) is 11.1. The van der Waals surface area contributed by atoms with E-state index in [1.54, 1.807) is 26.5 Å². The van der Waals surface area contributed by atoms with Gasteiger partial charge in [-0.05, 0) is 30.3 Å². The topological polar surface area (TPSA) is 102 Å². The van der Waals surface area contributed by atoms with Crippen LogP contribution in [0, 0.1) is 0 Å². The second-order valence-corrected chi connectivity index (χ2v) is 7.45. The Kier molecular flexibility index (Phi) is 5.24. The molecule has 164 valence electrons. The van der Waals surface area contributed by atoms with Gasteiger partial charge in [-0.3, -0.25) is 9.89 Å². The number of amides is 1. The fourth-order valence-corrected chi connectivity index (χ4v) is 3.89. The van der Waals surface area contributed by atoms with Crippen molar-refractivity contribution in [3.63, 3.8) is 0 Å². The van der Waals surface area contributed by atoms with Crippen LogP contribution in [-0.2, 0) is 4.74 Å². The van der Waals surface area contributed by atoms with Gasteiger partial charge in [0, 0.05) is 41.2 Å². The molecule has 9 heteroatoms. The zero-order valence-corrected chi connectivity index (χ0v) is 17.8. The smallest absolute Gasteiger partial charge is 0.254 e. The lowest BCUT2D eigenvalue weighted by Crippen LogP contribution is -2.40. The number of carbonyl (C=O) groups is 1. The normalized spacial score (nSPS) is 14.0. The Labute approximate surface area is 184 Å². The number of H-pyrrole nitrogens is 1. The number of pyridine rings is 1. The van der Waals surface area contributed by atoms with Gasteiger partial charge < -0.3 is 24.4 Å². The Morgan fingerprint density at radius 1 is 1.09 bits per heavy atom. The summed E-state index contributed by atoms with van der Waals surface area (Å²) in [6.07, 6.45) is 1.76. The maximum Gasteiger partial charge on any atom is 0.254 e. The third-order valence-electron chi connectivity index (χ3n) is 5.59. The largest absolute Gasteiger partial charge is 0.497 e. The van der Waals surface area contributed by atoms with E-state index in [0.717, 1.165) is 22.0 Å². The summed E-state index contributed by atoms with van der Waals surface area (Å²) in [4.78, 5) is 19.3. The Hall–Kier alpha value is -3.85. The van der Waals surface area contributed by atoms with E-state index < -0.39 is 0 Å². The molecule has 1 aliphatic heterocycles. The standard InChI is InChI=1S/C23H23N5O4/c1-30-16-11-17-18-13-24-27-21(18)22(26-20(17)19(12-16)31-2)25-15-5-3-14(4-6-15)23(29)28-7-9-32-10-8-28/h3-6,11-13H,7-10H2,1-2H3,(H,24,27)(H,25,26). The minimum atomic E-state index is 0.0123. The lowest BCUT2D eigenvalue weighted by atomic mass is 10.1. The van der Waals surface area contributed by atoms with Crippen molar-refractivity contribution in [2.24, 2.45) is 0 Å². The van der Waals surface area contributed by atoms with E-state index in [-0.39, 0.29) is 5.91 Å². The highest BCUT2D eigenvalue weighted by atomic mass is 16.5. The first kappa shape index (κ1) is 20.1. The second kappa shape index (κ2) is 8.35. The molecule has 2 N–H and O–H groups in total. The number of hydrogen-bond acceptors (Lipinski definition) is 7. The molecule has 0 bridgehead atoms. The van der Waals surface area contributed by atoms with E-state index >= 15 is 0 Å². The van der Waals surface area contributed by atoms with E-state index in [1.165, 1.54) is 0 Å². The molecule has 2 aromatic heterocycles. The summed E-state index contributed by atoms with van der Waals surface area (Å²) in [5.74, 6) is 1.91. The molecule has 4 aromatic rings. The summed E-state index contributed by atoms with van der Waals surface area (Å²) < 4.78 is 16.3. The first-order valence-electron chi connectivity index (χ1n) is 10.3. The molecule has 0 spiro atoms. The van der Waals surface area contributed by atoms with Crippen molar-refractivity contribution in [1.82, 2.24) is 20.1 Å². The van der Waals surface area contributed by atoms with Crippen molar-refractivity contribution in [3.05, 3.63) is 48.2 Å². The lowest BCUT2D eigenvalue weighted by molar-refractivity contribution is 0.0303. The van der Waals surface area contributed by atoms with Crippen LogP contribution in [0.5, 0.6) is 11.5 Å². The molecule has 0 unspecified atom stereocenters. The highest BCUT2D eigenvalue weighted by Gasteiger charge is 2.19. The summed E-state index contributed by atoms with van der Waals surface area (Å²) in [7, 11) is 3.22. The molecule has 1 fully saturated rings. The average Bonchev–Trinajstić information content (AvgIpc) is 3.35. The fourth-order valence-electron chi connectivity index (χ4n) is 3.89. The number of rotatable bonds is 5. The maximum absolute atomic E-state index is 12.7. The van der Waals surface area contributed by atoms with E-state index in [9.17, 15) is 4.79 Å². The summed E-state index contributed by atoms with van der Waals surface area (Å²) >= 11 is 0. The molecule has 32 heavy (non-hydrogen) atoms. The number of methoxy groups -OCH3 is 2. The fraction of sp³-hybridized carbons (Fsp3) is 0.261. The van der Waals surface area contributed by atoms with Gasteiger partial charge in [0.05, 0.1) is 33.6 Å². The molecule has 0 atom stereocenters. The Morgan fingerprint density at radius 3 is 2.59 bits per heavy atom. The van der Waals surface area contributed by atoms with E-state index in [1.807, 2.05) is 35.2 Å². The lowest BCUT2D eigenvalue weighted by Gasteiger charge is -2.26. The van der Waals surface area contributed by atoms with E-state index in [0.29, 0.717) is 54.7 Å². The highest BCUT2D eigenvalue weighted by molar-refractivity contribution is 6.10. The van der Waals surface area contributed by atoms with Gasteiger partial charge in [0.1, 0.15) is 22.5 Å². The van der Waals surface area contributed by atoms with Gasteiger partial charge in [-0.2, -0.15) is 5.10 Å². The number of carbonyl (C=O) groups excluding carboxylic acids is 1. The van der Waals surface area contributed by atoms with Crippen molar-refractivity contribution in [3.8, 4) is 11.5 Å². The molecule has 1 amide bonds. The molecule has 9 nitrogen and oxygen atoms in total. The van der Waals surface area contributed by atoms with Crippen LogP contribution in [0.2, 0.25) is 0 Å². The average molecular weight is 433 g/mol. The van der Waals surface area contributed by atoms with Gasteiger partial charge >= 0.3 is 0 Å². The quantitative estimate of drug-likeness (QED) is 0.498. The molecule has 1 saturated heterocycles. The number of aromatic amines is 1. The predicted molar refractivity (Wildman–Crippen MR) is 121 cm³/mol. The van der Waals surface area contributed by atoms with Crippen LogP contribution >= 0.6 is 0 Å². The number of hydrogen-bond donors (Lipinski definition) is 2. The number of nitrogens with one attached hydrogen (secondary N) is 2. The number of anilines is 2. The van der Waals surface area contributed by atoms with Crippen LogP contribution in [0.15, 0.2) is 42.6 Å². The number of ether oxygens (including phenoxy) is 3. The van der Waals surface area contributed by atoms with E-state index in [2.05, 4.69) is 15.5 Å². The SMILES string of the molecule is COc1cc(OC)c2nc(Nc3ccc(C(=O)N4CCOCC4)cc3)c3[nH]ncc3c2c1. The van der Waals surface area contributed by atoms with Gasteiger partial charge in [-0.15, -0.1) is 0 Å². The maximum atomic E-state index is 12.7. The minimum absolute atomic E-state index is 0.0123. The molecule has 0 aliphatic carbocycles. The Balaban J connectivity index is 1.48. The van der Waals surface area contributed by atoms with Crippen molar-refractivity contribution < 1.29 is 19.0 Å². The van der Waals surface area contributed by atoms with E-state index in [4.69, 9.17) is 19.2 Å². The van der Waals surface area contributed by atoms with Crippen LogP contribution in [0.3, 0.4) is 0 Å². The number of aromatic nitrogens is 3. The zero-order chi connectivity index (χ0) is 22.1. The van der Waals surface area contributed by atoms with Gasteiger partial charge in [-0.25, -0.2) is 4.98 Å². The van der Waals surface area contributed by atoms with Crippen molar-refractivity contribution >= 4 is 39.2 Å². The summed E-state index contributed by atoms with van der Waals surface area (Å²) in [6.45, 7) is 2.39. The number of morpholine rings is 1. The molecular formula is C23H23N5O4. The van der Waals surface area contributed by atoms with Gasteiger partial charge in [-0.1, -0.05) is 0 Å². The Morgan fingerprint density at radius 2 is 1.88 bits per heavy atom. The Bertz CT molecular complexity index is 1280. The van der Waals surface area contributed by atoms with Crippen LogP contribution < -0.4 is 14.8 Å². The minimum Gasteiger partial charge on any atom is -0.497 e. The van der Waals surface area contributed by atoms with Crippen LogP contribution in [0.25, 0.3) is 21.8 Å². The first-order valence-corrected chi connectivity index (χ1v) is 10.3. The van der Waals surface area contributed by atoms with Crippen molar-refractivity contribution in [2.45, 2.75) is 0 Å². The number of benzene rings is 2. The van der Waals surface area contributed by atoms with Gasteiger partial charge in [0.15, 0.2) is 5.82 Å². The van der Waals surface area contributed by atoms with Crippen LogP contribution in [0.4, 0.5) is 11.5 Å². The molecule has 0 radical (unpaired) electrons. The molecule has 2 aromatic carbocycles. The molecule has 1 aliphatic rings. The number of nitrogens with zero attached hydrogens (tertiary/aromatic N) is 3. The molecule has 3 heterocycles. The predicted octanol–water partition coefficient (Wildman–Crippen LogP) is 3.34. The monoisotopic (exact) mass is 433 g/mol. The number of fused-ring (bicyclic) bond motifs is 3. The zero-order valence-electron chi connectivity index (χ0n) is 17.8.